The van der Waals surface area contributed by atoms with Gasteiger partial charge in [0.15, 0.2) is 5.16 Å². The quantitative estimate of drug-likeness (QED) is 0.329. The number of fused-ring (bicyclic) bond motifs is 1. The topological polar surface area (TPSA) is 118 Å². The molecular weight excluding hydrogens is 480 g/mol. The van der Waals surface area contributed by atoms with Gasteiger partial charge in [0.1, 0.15) is 0 Å². The summed E-state index contributed by atoms with van der Waals surface area (Å²) in [5, 5.41) is 0.666. The fourth-order valence-corrected chi connectivity index (χ4v) is 6.99. The van der Waals surface area contributed by atoms with Gasteiger partial charge in [0.2, 0.25) is 10.0 Å². The van der Waals surface area contributed by atoms with Crippen LogP contribution in [0.15, 0.2) is 63.4 Å². The first kappa shape index (κ1) is 24.2. The van der Waals surface area contributed by atoms with Crippen molar-refractivity contribution in [2.75, 3.05) is 0 Å². The van der Waals surface area contributed by atoms with Crippen molar-refractivity contribution in [2.24, 2.45) is 5.73 Å². The molecule has 4 N–H and O–H groups in total. The Balaban J connectivity index is 1.22. The third-order valence-electron chi connectivity index (χ3n) is 6.87. The maximum atomic E-state index is 12.8. The Bertz CT molecular complexity index is 1350. The number of thioether (sulfide) groups is 1. The standard InChI is InChI=1S/C26H30N4O3S2/c27-22-5-1-2-6-24(22)30-35(32,33)20-14-12-19(13-15-20)18-10-8-17(9-11-18)16-34-26-28-23-7-3-4-21(23)25(31)29-26/h8-15,22,24,30H,1-7,16,27H2,(H,28,29,31)/t22-,24-/m0/s1. The number of aromatic nitrogens is 2. The minimum absolute atomic E-state index is 0.00686. The van der Waals surface area contributed by atoms with Crippen LogP contribution in [0.2, 0.25) is 0 Å². The summed E-state index contributed by atoms with van der Waals surface area (Å²) in [4.78, 5) is 19.9. The van der Waals surface area contributed by atoms with E-state index in [4.69, 9.17) is 5.73 Å². The highest BCUT2D eigenvalue weighted by Crippen LogP contribution is 2.26. The van der Waals surface area contributed by atoms with Crippen molar-refractivity contribution in [3.8, 4) is 11.1 Å². The van der Waals surface area contributed by atoms with E-state index in [-0.39, 0.29) is 22.5 Å². The second kappa shape index (κ2) is 10.3. The lowest BCUT2D eigenvalue weighted by atomic mass is 9.92. The molecule has 0 saturated heterocycles. The average molecular weight is 511 g/mol. The lowest BCUT2D eigenvalue weighted by molar-refractivity contribution is 0.361. The maximum Gasteiger partial charge on any atom is 0.254 e. The molecule has 3 aromatic rings. The predicted molar refractivity (Wildman–Crippen MR) is 139 cm³/mol. The lowest BCUT2D eigenvalue weighted by Gasteiger charge is -2.29. The molecule has 7 nitrogen and oxygen atoms in total. The number of hydrogen-bond donors (Lipinski definition) is 3. The van der Waals surface area contributed by atoms with Crippen LogP contribution in [0.1, 0.15) is 48.9 Å². The Kier molecular flexibility index (Phi) is 7.11. The molecule has 5 rings (SSSR count). The summed E-state index contributed by atoms with van der Waals surface area (Å²) in [6, 6.07) is 14.8. The molecule has 2 aromatic carbocycles. The molecule has 2 aliphatic carbocycles. The predicted octanol–water partition coefficient (Wildman–Crippen LogP) is 3.77. The smallest absolute Gasteiger partial charge is 0.254 e. The molecule has 0 bridgehead atoms. The normalized spacial score (nSPS) is 20.0. The fraction of sp³-hybridized carbons (Fsp3) is 0.385. The van der Waals surface area contributed by atoms with Gasteiger partial charge in [-0.25, -0.2) is 18.1 Å². The minimum Gasteiger partial charge on any atom is -0.326 e. The van der Waals surface area contributed by atoms with Crippen molar-refractivity contribution >= 4 is 21.8 Å². The summed E-state index contributed by atoms with van der Waals surface area (Å²) in [5.74, 6) is 0.703. The largest absolute Gasteiger partial charge is 0.326 e. The summed E-state index contributed by atoms with van der Waals surface area (Å²) in [6.45, 7) is 0. The number of sulfonamides is 1. The Labute approximate surface area is 210 Å². The Hall–Kier alpha value is -2.46. The lowest BCUT2D eigenvalue weighted by Crippen LogP contribution is -2.49. The van der Waals surface area contributed by atoms with Crippen molar-refractivity contribution < 1.29 is 8.42 Å². The van der Waals surface area contributed by atoms with Crippen molar-refractivity contribution in [2.45, 2.75) is 72.8 Å². The zero-order valence-corrected chi connectivity index (χ0v) is 21.1. The first-order valence-corrected chi connectivity index (χ1v) is 14.6. The number of H-pyrrole nitrogens is 1. The second-order valence-electron chi connectivity index (χ2n) is 9.34. The highest BCUT2D eigenvalue weighted by molar-refractivity contribution is 7.98. The minimum atomic E-state index is -3.60. The summed E-state index contributed by atoms with van der Waals surface area (Å²) in [5.41, 5.74) is 11.0. The second-order valence-corrected chi connectivity index (χ2v) is 12.0. The van der Waals surface area contributed by atoms with Crippen molar-refractivity contribution in [3.63, 3.8) is 0 Å². The van der Waals surface area contributed by atoms with Gasteiger partial charge in [0, 0.05) is 23.4 Å². The molecule has 0 amide bonds. The number of hydrogen-bond acceptors (Lipinski definition) is 6. The molecule has 35 heavy (non-hydrogen) atoms. The van der Waals surface area contributed by atoms with Gasteiger partial charge in [0.25, 0.3) is 5.56 Å². The molecule has 0 spiro atoms. The number of nitrogens with zero attached hydrogens (tertiary/aromatic N) is 1. The van der Waals surface area contributed by atoms with Crippen LogP contribution < -0.4 is 16.0 Å². The molecule has 1 heterocycles. The van der Waals surface area contributed by atoms with Gasteiger partial charge in [0.05, 0.1) is 10.6 Å². The van der Waals surface area contributed by atoms with Gasteiger partial charge in [-0.3, -0.25) is 4.79 Å². The molecule has 0 unspecified atom stereocenters. The van der Waals surface area contributed by atoms with Gasteiger partial charge >= 0.3 is 0 Å². The maximum absolute atomic E-state index is 12.8. The summed E-state index contributed by atoms with van der Waals surface area (Å²) in [6.07, 6.45) is 6.38. The van der Waals surface area contributed by atoms with E-state index in [0.29, 0.717) is 10.9 Å². The van der Waals surface area contributed by atoms with Crippen LogP contribution in [-0.4, -0.2) is 30.5 Å². The molecule has 1 aromatic heterocycles. The number of aryl methyl sites for hydroxylation is 1. The van der Waals surface area contributed by atoms with Gasteiger partial charge in [-0.15, -0.1) is 0 Å². The molecule has 9 heteroatoms. The summed E-state index contributed by atoms with van der Waals surface area (Å²) in [7, 11) is -3.60. The van der Waals surface area contributed by atoms with E-state index in [1.165, 1.54) is 11.8 Å². The van der Waals surface area contributed by atoms with Crippen LogP contribution in [0.4, 0.5) is 0 Å². The SMILES string of the molecule is N[C@H]1CCCC[C@@H]1NS(=O)(=O)c1ccc(-c2ccc(CSc3nc4c(c(=O)[nH]3)CCC4)cc2)cc1. The van der Waals surface area contributed by atoms with E-state index in [1.54, 1.807) is 12.1 Å². The first-order valence-electron chi connectivity index (χ1n) is 12.1. The van der Waals surface area contributed by atoms with Gasteiger partial charge in [-0.2, -0.15) is 0 Å². The first-order chi connectivity index (χ1) is 16.9. The number of nitrogens with one attached hydrogen (secondary N) is 2. The van der Waals surface area contributed by atoms with Crippen molar-refractivity contribution in [1.29, 1.82) is 0 Å². The third-order valence-corrected chi connectivity index (χ3v) is 9.32. The zero-order chi connectivity index (χ0) is 24.4. The van der Waals surface area contributed by atoms with Gasteiger partial charge in [-0.05, 0) is 60.9 Å². The Morgan fingerprint density at radius 3 is 2.37 bits per heavy atom. The number of nitrogens with two attached hydrogens (primary N) is 1. The van der Waals surface area contributed by atoms with E-state index < -0.39 is 10.0 Å². The number of rotatable bonds is 7. The van der Waals surface area contributed by atoms with Crippen LogP contribution in [0.3, 0.4) is 0 Å². The van der Waals surface area contributed by atoms with Crippen LogP contribution in [-0.2, 0) is 28.6 Å². The zero-order valence-electron chi connectivity index (χ0n) is 19.5. The van der Waals surface area contributed by atoms with Gasteiger partial charge < -0.3 is 10.7 Å². The Morgan fingerprint density at radius 1 is 0.971 bits per heavy atom. The van der Waals surface area contributed by atoms with Crippen LogP contribution in [0.25, 0.3) is 11.1 Å². The summed E-state index contributed by atoms with van der Waals surface area (Å²) < 4.78 is 28.4. The van der Waals surface area contributed by atoms with E-state index in [0.717, 1.165) is 72.9 Å². The van der Waals surface area contributed by atoms with E-state index in [2.05, 4.69) is 14.7 Å². The molecule has 184 valence electrons. The van der Waals surface area contributed by atoms with Gasteiger partial charge in [-0.1, -0.05) is 61.0 Å². The van der Waals surface area contributed by atoms with Crippen molar-refractivity contribution in [3.05, 3.63) is 75.7 Å². The molecule has 0 radical (unpaired) electrons. The molecule has 0 aliphatic heterocycles. The van der Waals surface area contributed by atoms with E-state index >= 15 is 0 Å². The van der Waals surface area contributed by atoms with E-state index in [9.17, 15) is 13.2 Å². The van der Waals surface area contributed by atoms with Crippen molar-refractivity contribution in [1.82, 2.24) is 14.7 Å². The van der Waals surface area contributed by atoms with Crippen LogP contribution in [0.5, 0.6) is 0 Å². The monoisotopic (exact) mass is 510 g/mol. The number of aromatic amines is 1. The third kappa shape index (κ3) is 5.53. The fourth-order valence-electron chi connectivity index (χ4n) is 4.83. The summed E-state index contributed by atoms with van der Waals surface area (Å²) >= 11 is 1.53. The molecule has 2 aliphatic rings. The highest BCUT2D eigenvalue weighted by Gasteiger charge is 2.27. The Morgan fingerprint density at radius 2 is 1.66 bits per heavy atom. The molecule has 1 saturated carbocycles. The molecule has 1 fully saturated rings. The molecule has 2 atom stereocenters. The average Bonchev–Trinajstić information content (AvgIpc) is 3.34. The highest BCUT2D eigenvalue weighted by atomic mass is 32.2. The number of benzene rings is 2. The van der Waals surface area contributed by atoms with Crippen LogP contribution >= 0.6 is 11.8 Å². The van der Waals surface area contributed by atoms with E-state index in [1.807, 2.05) is 36.4 Å². The molecular formula is C26H30N4O3S2. The van der Waals surface area contributed by atoms with Crippen LogP contribution in [0, 0.1) is 0 Å².